The first kappa shape index (κ1) is 13.0. The van der Waals surface area contributed by atoms with E-state index in [9.17, 15) is 0 Å². The Kier molecular flexibility index (Phi) is 3.12. The highest BCUT2D eigenvalue weighted by Gasteiger charge is 2.11. The Labute approximate surface area is 131 Å². The Morgan fingerprint density at radius 1 is 1.14 bits per heavy atom. The predicted molar refractivity (Wildman–Crippen MR) is 92.2 cm³/mol. The second-order valence-corrected chi connectivity index (χ2v) is 5.83. The van der Waals surface area contributed by atoms with E-state index in [1.165, 1.54) is 5.56 Å². The van der Waals surface area contributed by atoms with Crippen molar-refractivity contribution < 1.29 is 0 Å². The van der Waals surface area contributed by atoms with Crippen molar-refractivity contribution in [1.29, 1.82) is 0 Å². The van der Waals surface area contributed by atoms with E-state index in [0.29, 0.717) is 0 Å². The number of fused-ring (bicyclic) bond motifs is 1. The fourth-order valence-electron chi connectivity index (χ4n) is 2.52. The van der Waals surface area contributed by atoms with Gasteiger partial charge < -0.3 is 10.3 Å². The molecule has 0 bridgehead atoms. The van der Waals surface area contributed by atoms with E-state index in [1.54, 1.807) is 11.3 Å². The van der Waals surface area contributed by atoms with Crippen molar-refractivity contribution >= 4 is 27.5 Å². The highest BCUT2D eigenvalue weighted by atomic mass is 32.1. The van der Waals surface area contributed by atoms with Crippen LogP contribution in [0.25, 0.3) is 33.4 Å². The first-order chi connectivity index (χ1) is 10.8. The summed E-state index contributed by atoms with van der Waals surface area (Å²) in [5, 5.41) is 7.14. The van der Waals surface area contributed by atoms with Crippen LogP contribution in [-0.2, 0) is 0 Å². The minimum Gasteiger partial charge on any atom is -0.365 e. The lowest BCUT2D eigenvalue weighted by molar-refractivity contribution is 1.32. The molecule has 3 aromatic heterocycles. The van der Waals surface area contributed by atoms with Gasteiger partial charge in [0.05, 0.1) is 5.69 Å². The van der Waals surface area contributed by atoms with Gasteiger partial charge in [0.25, 0.3) is 0 Å². The van der Waals surface area contributed by atoms with Gasteiger partial charge in [-0.1, -0.05) is 30.3 Å². The molecule has 4 nitrogen and oxygen atoms in total. The summed E-state index contributed by atoms with van der Waals surface area (Å²) < 4.78 is 0. The third-order valence-corrected chi connectivity index (χ3v) is 4.49. The average Bonchev–Trinajstić information content (AvgIpc) is 3.21. The summed E-state index contributed by atoms with van der Waals surface area (Å²) in [6.07, 6.45) is 3.87. The van der Waals surface area contributed by atoms with Gasteiger partial charge in [-0.2, -0.15) is 0 Å². The van der Waals surface area contributed by atoms with Gasteiger partial charge in [0.2, 0.25) is 0 Å². The second-order valence-electron chi connectivity index (χ2n) is 4.98. The van der Waals surface area contributed by atoms with Gasteiger partial charge in [-0.05, 0) is 11.6 Å². The Morgan fingerprint density at radius 3 is 2.77 bits per heavy atom. The summed E-state index contributed by atoms with van der Waals surface area (Å²) in [4.78, 5) is 12.3. The zero-order valence-electron chi connectivity index (χ0n) is 12.0. The molecular weight excluding hydrogens is 292 g/mol. The number of nitrogens with zero attached hydrogens (tertiary/aromatic N) is 2. The molecule has 0 aliphatic rings. The minimum absolute atomic E-state index is 0.883. The third-order valence-electron chi connectivity index (χ3n) is 3.63. The number of hydrogen-bond acceptors (Lipinski definition) is 4. The number of anilines is 1. The van der Waals surface area contributed by atoms with E-state index in [-0.39, 0.29) is 0 Å². The molecule has 0 spiro atoms. The van der Waals surface area contributed by atoms with Crippen LogP contribution in [0.15, 0.2) is 54.2 Å². The molecule has 0 saturated heterocycles. The predicted octanol–water partition coefficient (Wildman–Crippen LogP) is 4.40. The number of thiazole rings is 1. The molecule has 1 aromatic carbocycles. The molecule has 0 atom stereocenters. The van der Waals surface area contributed by atoms with Crippen molar-refractivity contribution in [3.63, 3.8) is 0 Å². The molecule has 5 heteroatoms. The molecule has 0 saturated carbocycles. The van der Waals surface area contributed by atoms with Crippen molar-refractivity contribution in [2.75, 3.05) is 12.4 Å². The molecule has 0 amide bonds. The number of rotatable bonds is 3. The molecular formula is C17H14N4S. The molecule has 4 rings (SSSR count). The quantitative estimate of drug-likeness (QED) is 0.590. The smallest absolute Gasteiger partial charge is 0.182 e. The van der Waals surface area contributed by atoms with Crippen molar-refractivity contribution in [2.45, 2.75) is 0 Å². The van der Waals surface area contributed by atoms with Crippen LogP contribution in [-0.4, -0.2) is 22.0 Å². The zero-order chi connectivity index (χ0) is 14.9. The lowest BCUT2D eigenvalue weighted by Gasteiger charge is -2.02. The molecule has 0 fully saturated rings. The normalized spacial score (nSPS) is 11.0. The van der Waals surface area contributed by atoms with Gasteiger partial charge in [-0.15, -0.1) is 11.3 Å². The highest BCUT2D eigenvalue weighted by molar-refractivity contribution is 7.14. The van der Waals surface area contributed by atoms with Gasteiger partial charge in [-0.3, -0.25) is 0 Å². The van der Waals surface area contributed by atoms with Crippen LogP contribution >= 0.6 is 11.3 Å². The van der Waals surface area contributed by atoms with E-state index in [0.717, 1.165) is 33.0 Å². The summed E-state index contributed by atoms with van der Waals surface area (Å²) in [6.45, 7) is 0. The Bertz CT molecular complexity index is 924. The van der Waals surface area contributed by atoms with Crippen molar-refractivity contribution in [2.24, 2.45) is 0 Å². The topological polar surface area (TPSA) is 53.6 Å². The molecule has 2 N–H and O–H groups in total. The van der Waals surface area contributed by atoms with E-state index in [1.807, 2.05) is 37.6 Å². The van der Waals surface area contributed by atoms with Gasteiger partial charge in [0, 0.05) is 41.3 Å². The first-order valence-corrected chi connectivity index (χ1v) is 7.89. The molecule has 3 heterocycles. The maximum atomic E-state index is 4.58. The van der Waals surface area contributed by atoms with E-state index >= 15 is 0 Å². The first-order valence-electron chi connectivity index (χ1n) is 7.01. The van der Waals surface area contributed by atoms with Crippen LogP contribution in [0.5, 0.6) is 0 Å². The molecule has 0 radical (unpaired) electrons. The fourth-order valence-corrected chi connectivity index (χ4v) is 3.19. The summed E-state index contributed by atoms with van der Waals surface area (Å²) in [5.74, 6) is 0. The molecule has 0 aliphatic carbocycles. The molecule has 108 valence electrons. The Hall–Kier alpha value is -2.66. The maximum Gasteiger partial charge on any atom is 0.182 e. The molecule has 0 aliphatic heterocycles. The summed E-state index contributed by atoms with van der Waals surface area (Å²) in [5.41, 5.74) is 5.20. The standard InChI is InChI=1S/C17H14N4S/c1-18-17-21-15(10-22-17)14-9-20-16-13(14)7-12(8-19-16)11-5-3-2-4-6-11/h2-10H,1H3,(H,18,21)(H,19,20). The number of pyridine rings is 1. The van der Waals surface area contributed by atoms with Gasteiger partial charge in [-0.25, -0.2) is 9.97 Å². The summed E-state index contributed by atoms with van der Waals surface area (Å²) in [7, 11) is 1.88. The lowest BCUT2D eigenvalue weighted by atomic mass is 10.1. The van der Waals surface area contributed by atoms with Crippen molar-refractivity contribution in [3.05, 3.63) is 54.2 Å². The number of benzene rings is 1. The largest absolute Gasteiger partial charge is 0.365 e. The number of nitrogens with one attached hydrogen (secondary N) is 2. The number of aromatic nitrogens is 3. The summed E-state index contributed by atoms with van der Waals surface area (Å²) >= 11 is 1.60. The van der Waals surface area contributed by atoms with Crippen LogP contribution in [0, 0.1) is 0 Å². The van der Waals surface area contributed by atoms with E-state index < -0.39 is 0 Å². The fraction of sp³-hybridized carbons (Fsp3) is 0.0588. The number of H-pyrrole nitrogens is 1. The van der Waals surface area contributed by atoms with Gasteiger partial charge in [0.15, 0.2) is 5.13 Å². The minimum atomic E-state index is 0.883. The Morgan fingerprint density at radius 2 is 2.00 bits per heavy atom. The third kappa shape index (κ3) is 2.16. The maximum absolute atomic E-state index is 4.58. The van der Waals surface area contributed by atoms with Crippen LogP contribution < -0.4 is 5.32 Å². The summed E-state index contributed by atoms with van der Waals surface area (Å²) in [6, 6.07) is 12.5. The van der Waals surface area contributed by atoms with E-state index in [4.69, 9.17) is 0 Å². The molecule has 4 aromatic rings. The number of hydrogen-bond donors (Lipinski definition) is 2. The van der Waals surface area contributed by atoms with Crippen molar-refractivity contribution in [3.8, 4) is 22.4 Å². The van der Waals surface area contributed by atoms with E-state index in [2.05, 4.69) is 43.8 Å². The highest BCUT2D eigenvalue weighted by Crippen LogP contribution is 2.32. The molecule has 0 unspecified atom stereocenters. The zero-order valence-corrected chi connectivity index (χ0v) is 12.8. The average molecular weight is 306 g/mol. The second kappa shape index (κ2) is 5.27. The lowest BCUT2D eigenvalue weighted by Crippen LogP contribution is -1.86. The van der Waals surface area contributed by atoms with Crippen LogP contribution in [0.1, 0.15) is 0 Å². The monoisotopic (exact) mass is 306 g/mol. The SMILES string of the molecule is CNc1nc(-c2c[nH]c3ncc(-c4ccccc4)cc23)cs1. The van der Waals surface area contributed by atoms with Crippen LogP contribution in [0.3, 0.4) is 0 Å². The Balaban J connectivity index is 1.86. The van der Waals surface area contributed by atoms with Crippen LogP contribution in [0.2, 0.25) is 0 Å². The van der Waals surface area contributed by atoms with Gasteiger partial charge in [0.1, 0.15) is 5.65 Å². The molecule has 22 heavy (non-hydrogen) atoms. The van der Waals surface area contributed by atoms with Crippen molar-refractivity contribution in [1.82, 2.24) is 15.0 Å². The van der Waals surface area contributed by atoms with Crippen LogP contribution in [0.4, 0.5) is 5.13 Å². The number of aromatic amines is 1. The van der Waals surface area contributed by atoms with Gasteiger partial charge >= 0.3 is 0 Å².